The average molecular weight is 442 g/mol. The van der Waals surface area contributed by atoms with Crippen molar-refractivity contribution >= 4 is 21.4 Å². The molecule has 31 heavy (non-hydrogen) atoms. The third-order valence-corrected chi connectivity index (χ3v) is 6.48. The minimum Gasteiger partial charge on any atom is -0.493 e. The summed E-state index contributed by atoms with van der Waals surface area (Å²) in [6.45, 7) is 1.89. The number of hydrogen-bond acceptors (Lipinski definition) is 6. The molecular formula is C22H22N2O6S. The van der Waals surface area contributed by atoms with Crippen LogP contribution in [0.2, 0.25) is 0 Å². The second kappa shape index (κ2) is 9.05. The van der Waals surface area contributed by atoms with E-state index < -0.39 is 14.9 Å². The van der Waals surface area contributed by atoms with Crippen LogP contribution >= 0.6 is 0 Å². The molecule has 0 unspecified atom stereocenters. The molecule has 0 bridgehead atoms. The van der Waals surface area contributed by atoms with Crippen molar-refractivity contribution in [1.29, 1.82) is 0 Å². The van der Waals surface area contributed by atoms with Gasteiger partial charge in [0, 0.05) is 12.1 Å². The fourth-order valence-corrected chi connectivity index (χ4v) is 4.55. The van der Waals surface area contributed by atoms with Crippen LogP contribution in [-0.2, 0) is 16.6 Å². The van der Waals surface area contributed by atoms with Crippen LogP contribution in [0.25, 0.3) is 0 Å². The summed E-state index contributed by atoms with van der Waals surface area (Å²) in [5.41, 5.74) is 1.78. The van der Waals surface area contributed by atoms with E-state index in [-0.39, 0.29) is 17.1 Å². The Morgan fingerprint density at radius 2 is 1.61 bits per heavy atom. The Bertz CT molecular complexity index is 1190. The van der Waals surface area contributed by atoms with Crippen LogP contribution in [0.1, 0.15) is 11.1 Å². The van der Waals surface area contributed by atoms with E-state index in [1.165, 1.54) is 36.7 Å². The minimum atomic E-state index is -4.10. The number of hydrogen-bond donors (Lipinski definition) is 0. The number of rotatable bonds is 8. The Morgan fingerprint density at radius 3 is 2.23 bits per heavy atom. The number of ether oxygens (including phenoxy) is 2. The summed E-state index contributed by atoms with van der Waals surface area (Å²) in [6.07, 6.45) is 0. The summed E-state index contributed by atoms with van der Waals surface area (Å²) < 4.78 is 38.8. The third-order valence-electron chi connectivity index (χ3n) is 4.71. The zero-order valence-corrected chi connectivity index (χ0v) is 18.1. The molecule has 0 aliphatic carbocycles. The van der Waals surface area contributed by atoms with E-state index in [1.807, 2.05) is 6.92 Å². The molecular weight excluding hydrogens is 420 g/mol. The minimum absolute atomic E-state index is 0.00552. The Labute approximate surface area is 180 Å². The van der Waals surface area contributed by atoms with E-state index in [4.69, 9.17) is 9.47 Å². The van der Waals surface area contributed by atoms with Crippen LogP contribution in [0.3, 0.4) is 0 Å². The van der Waals surface area contributed by atoms with Crippen molar-refractivity contribution in [2.75, 3.05) is 18.5 Å². The Hall–Kier alpha value is -3.59. The monoisotopic (exact) mass is 442 g/mol. The number of nitro groups is 1. The molecule has 0 fully saturated rings. The van der Waals surface area contributed by atoms with Crippen LogP contribution < -0.4 is 13.8 Å². The van der Waals surface area contributed by atoms with Crippen molar-refractivity contribution in [2.24, 2.45) is 0 Å². The molecule has 0 aliphatic rings. The van der Waals surface area contributed by atoms with Crippen molar-refractivity contribution in [3.8, 4) is 11.5 Å². The average Bonchev–Trinajstić information content (AvgIpc) is 2.78. The summed E-state index contributed by atoms with van der Waals surface area (Å²) in [4.78, 5) is 10.4. The highest BCUT2D eigenvalue weighted by Gasteiger charge is 2.27. The van der Waals surface area contributed by atoms with Crippen molar-refractivity contribution in [2.45, 2.75) is 18.4 Å². The lowest BCUT2D eigenvalue weighted by atomic mass is 10.2. The number of nitrogens with zero attached hydrogens (tertiary/aromatic N) is 2. The van der Waals surface area contributed by atoms with E-state index in [0.29, 0.717) is 22.7 Å². The number of methoxy groups -OCH3 is 2. The Balaban J connectivity index is 2.10. The number of benzene rings is 3. The van der Waals surface area contributed by atoms with Crippen molar-refractivity contribution in [3.63, 3.8) is 0 Å². The standard InChI is InChI=1S/C22H22N2O6S/c1-16-7-10-18(11-8-16)23(15-17-9-12-21(29-2)22(13-17)30-3)31(27,28)20-6-4-5-19(14-20)24(25)26/h4-14H,15H2,1-3H3. The van der Waals surface area contributed by atoms with E-state index in [2.05, 4.69) is 0 Å². The third kappa shape index (κ3) is 4.77. The van der Waals surface area contributed by atoms with Crippen molar-refractivity contribution in [3.05, 3.63) is 88.0 Å². The zero-order chi connectivity index (χ0) is 22.6. The van der Waals surface area contributed by atoms with Gasteiger partial charge in [-0.3, -0.25) is 14.4 Å². The second-order valence-electron chi connectivity index (χ2n) is 6.79. The van der Waals surface area contributed by atoms with Gasteiger partial charge in [0.15, 0.2) is 11.5 Å². The second-order valence-corrected chi connectivity index (χ2v) is 8.65. The summed E-state index contributed by atoms with van der Waals surface area (Å²) in [5, 5.41) is 11.2. The van der Waals surface area contributed by atoms with Crippen LogP contribution in [-0.4, -0.2) is 27.6 Å². The molecule has 0 saturated heterocycles. The quantitative estimate of drug-likeness (QED) is 0.381. The molecule has 3 aromatic rings. The highest BCUT2D eigenvalue weighted by molar-refractivity contribution is 7.92. The Kier molecular flexibility index (Phi) is 6.45. The van der Waals surface area contributed by atoms with Gasteiger partial charge in [-0.1, -0.05) is 29.8 Å². The first-order chi connectivity index (χ1) is 14.8. The highest BCUT2D eigenvalue weighted by atomic mass is 32.2. The van der Waals surface area contributed by atoms with Crippen LogP contribution in [0, 0.1) is 17.0 Å². The topological polar surface area (TPSA) is 99.0 Å². The first-order valence-corrected chi connectivity index (χ1v) is 10.7. The lowest BCUT2D eigenvalue weighted by Gasteiger charge is -2.25. The van der Waals surface area contributed by atoms with Gasteiger partial charge in [-0.05, 0) is 42.8 Å². The van der Waals surface area contributed by atoms with E-state index >= 15 is 0 Å². The molecule has 0 saturated carbocycles. The SMILES string of the molecule is COc1ccc(CN(c2ccc(C)cc2)S(=O)(=O)c2cccc([N+](=O)[O-])c2)cc1OC. The van der Waals surface area contributed by atoms with Gasteiger partial charge in [0.25, 0.3) is 15.7 Å². The van der Waals surface area contributed by atoms with Gasteiger partial charge in [0.05, 0.1) is 36.3 Å². The smallest absolute Gasteiger partial charge is 0.270 e. The van der Waals surface area contributed by atoms with Crippen LogP contribution in [0.15, 0.2) is 71.6 Å². The maximum absolute atomic E-state index is 13.5. The zero-order valence-electron chi connectivity index (χ0n) is 17.3. The van der Waals surface area contributed by atoms with Crippen LogP contribution in [0.5, 0.6) is 11.5 Å². The maximum Gasteiger partial charge on any atom is 0.270 e. The van der Waals surface area contributed by atoms with Crippen LogP contribution in [0.4, 0.5) is 11.4 Å². The molecule has 162 valence electrons. The molecule has 3 rings (SSSR count). The molecule has 0 heterocycles. The summed E-state index contributed by atoms with van der Waals surface area (Å²) in [5.74, 6) is 0.992. The molecule has 0 radical (unpaired) electrons. The van der Waals surface area contributed by atoms with E-state index in [1.54, 1.807) is 42.5 Å². The van der Waals surface area contributed by atoms with E-state index in [0.717, 1.165) is 11.6 Å². The fourth-order valence-electron chi connectivity index (χ4n) is 3.06. The summed E-state index contributed by atoms with van der Waals surface area (Å²) >= 11 is 0. The number of sulfonamides is 1. The van der Waals surface area contributed by atoms with Gasteiger partial charge in [-0.2, -0.15) is 0 Å². The molecule has 0 N–H and O–H groups in total. The van der Waals surface area contributed by atoms with Crippen molar-refractivity contribution in [1.82, 2.24) is 0 Å². The van der Waals surface area contributed by atoms with Gasteiger partial charge in [0.2, 0.25) is 0 Å². The van der Waals surface area contributed by atoms with Gasteiger partial charge >= 0.3 is 0 Å². The molecule has 0 amide bonds. The number of nitro benzene ring substituents is 1. The van der Waals surface area contributed by atoms with Gasteiger partial charge in [-0.25, -0.2) is 8.42 Å². The summed E-state index contributed by atoms with van der Waals surface area (Å²) in [7, 11) is -1.08. The predicted octanol–water partition coefficient (Wildman–Crippen LogP) is 4.32. The first-order valence-electron chi connectivity index (χ1n) is 9.31. The first kappa shape index (κ1) is 22.1. The lowest BCUT2D eigenvalue weighted by Crippen LogP contribution is -2.30. The number of non-ortho nitro benzene ring substituents is 1. The number of anilines is 1. The largest absolute Gasteiger partial charge is 0.493 e. The molecule has 9 heteroatoms. The molecule has 0 atom stereocenters. The Morgan fingerprint density at radius 1 is 0.935 bits per heavy atom. The van der Waals surface area contributed by atoms with E-state index in [9.17, 15) is 18.5 Å². The molecule has 0 aromatic heterocycles. The van der Waals surface area contributed by atoms with Gasteiger partial charge in [-0.15, -0.1) is 0 Å². The predicted molar refractivity (Wildman–Crippen MR) is 117 cm³/mol. The van der Waals surface area contributed by atoms with Gasteiger partial charge < -0.3 is 9.47 Å². The summed E-state index contributed by atoms with van der Waals surface area (Å²) in [6, 6.07) is 17.2. The molecule has 3 aromatic carbocycles. The molecule has 8 nitrogen and oxygen atoms in total. The maximum atomic E-state index is 13.5. The van der Waals surface area contributed by atoms with Gasteiger partial charge in [0.1, 0.15) is 0 Å². The number of aryl methyl sites for hydroxylation is 1. The fraction of sp³-hybridized carbons (Fsp3) is 0.182. The lowest BCUT2D eigenvalue weighted by molar-refractivity contribution is -0.385. The van der Waals surface area contributed by atoms with Crippen molar-refractivity contribution < 1.29 is 22.8 Å². The molecule has 0 spiro atoms. The molecule has 0 aliphatic heterocycles. The highest BCUT2D eigenvalue weighted by Crippen LogP contribution is 2.31. The normalized spacial score (nSPS) is 11.1.